The van der Waals surface area contributed by atoms with Gasteiger partial charge in [-0.1, -0.05) is 19.4 Å². The second kappa shape index (κ2) is 6.04. The molecule has 0 spiro atoms. The molecule has 78 valence electrons. The van der Waals surface area contributed by atoms with Gasteiger partial charge in [0.15, 0.2) is 0 Å². The average molecular weight is 210 g/mol. The normalized spacial score (nSPS) is 13.1. The maximum atomic E-state index is 4.28. The highest BCUT2D eigenvalue weighted by Crippen LogP contribution is 2.21. The van der Waals surface area contributed by atoms with Crippen LogP contribution in [0.15, 0.2) is 29.4 Å². The van der Waals surface area contributed by atoms with E-state index >= 15 is 0 Å². The molecular weight excluding hydrogens is 192 g/mol. The molecule has 0 aliphatic heterocycles. The molecular formula is C11H18N2S. The van der Waals surface area contributed by atoms with Gasteiger partial charge in [0.05, 0.1) is 0 Å². The topological polar surface area (TPSA) is 16.1 Å². The van der Waals surface area contributed by atoms with Gasteiger partial charge in [0, 0.05) is 12.2 Å². The monoisotopic (exact) mass is 210 g/mol. The summed E-state index contributed by atoms with van der Waals surface area (Å²) in [6.45, 7) is 4.47. The summed E-state index contributed by atoms with van der Waals surface area (Å²) in [6.07, 6.45) is 4.30. The van der Waals surface area contributed by atoms with Crippen LogP contribution < -0.4 is 0 Å². The van der Waals surface area contributed by atoms with Gasteiger partial charge in [-0.3, -0.25) is 0 Å². The molecule has 3 heteroatoms. The zero-order valence-electron chi connectivity index (χ0n) is 9.10. The molecule has 1 atom stereocenters. The molecule has 1 aromatic heterocycles. The molecule has 0 saturated heterocycles. The number of nitrogens with zero attached hydrogens (tertiary/aromatic N) is 2. The van der Waals surface area contributed by atoms with Crippen molar-refractivity contribution in [2.24, 2.45) is 0 Å². The molecule has 0 aliphatic rings. The van der Waals surface area contributed by atoms with Crippen LogP contribution in [0.2, 0.25) is 0 Å². The Hall–Kier alpha value is -0.540. The van der Waals surface area contributed by atoms with Crippen LogP contribution in [0.1, 0.15) is 26.7 Å². The van der Waals surface area contributed by atoms with Crippen LogP contribution in [0.3, 0.4) is 0 Å². The Labute approximate surface area is 90.9 Å². The van der Waals surface area contributed by atoms with Crippen LogP contribution in [0, 0.1) is 0 Å². The van der Waals surface area contributed by atoms with Crippen LogP contribution in [0.25, 0.3) is 0 Å². The highest BCUT2D eigenvalue weighted by Gasteiger charge is 2.09. The van der Waals surface area contributed by atoms with Gasteiger partial charge >= 0.3 is 0 Å². The van der Waals surface area contributed by atoms with Crippen LogP contribution in [0.4, 0.5) is 0 Å². The third kappa shape index (κ3) is 3.68. The fourth-order valence-corrected chi connectivity index (χ4v) is 2.07. The van der Waals surface area contributed by atoms with E-state index in [9.17, 15) is 0 Å². The van der Waals surface area contributed by atoms with E-state index in [1.807, 2.05) is 24.4 Å². The number of rotatable bonds is 5. The summed E-state index contributed by atoms with van der Waals surface area (Å²) < 4.78 is 2.27. The number of aromatic nitrogens is 1. The van der Waals surface area contributed by atoms with E-state index in [0.29, 0.717) is 6.04 Å². The lowest BCUT2D eigenvalue weighted by Crippen LogP contribution is -2.22. The molecule has 1 rings (SSSR count). The first kappa shape index (κ1) is 11.5. The van der Waals surface area contributed by atoms with Crippen molar-refractivity contribution in [3.63, 3.8) is 0 Å². The third-order valence-electron chi connectivity index (χ3n) is 2.20. The van der Waals surface area contributed by atoms with Crippen molar-refractivity contribution in [3.8, 4) is 0 Å². The van der Waals surface area contributed by atoms with E-state index < -0.39 is 0 Å². The van der Waals surface area contributed by atoms with Gasteiger partial charge in [-0.05, 0) is 44.5 Å². The molecule has 0 radical (unpaired) electrons. The largest absolute Gasteiger partial charge is 0.249 e. The van der Waals surface area contributed by atoms with Crippen molar-refractivity contribution in [3.05, 3.63) is 24.4 Å². The first-order chi connectivity index (χ1) is 6.74. The zero-order chi connectivity index (χ0) is 10.4. The third-order valence-corrected chi connectivity index (χ3v) is 3.28. The smallest absolute Gasteiger partial charge is 0.111 e. The van der Waals surface area contributed by atoms with Gasteiger partial charge in [0.25, 0.3) is 0 Å². The SMILES string of the molecule is CCCC(C)N(C)Sc1ccccn1. The lowest BCUT2D eigenvalue weighted by atomic mass is 10.2. The van der Waals surface area contributed by atoms with Crippen LogP contribution in [-0.2, 0) is 0 Å². The van der Waals surface area contributed by atoms with Crippen LogP contribution in [-0.4, -0.2) is 22.4 Å². The average Bonchev–Trinajstić information content (AvgIpc) is 2.19. The lowest BCUT2D eigenvalue weighted by Gasteiger charge is -2.22. The molecule has 0 N–H and O–H groups in total. The minimum atomic E-state index is 0.604. The van der Waals surface area contributed by atoms with Gasteiger partial charge < -0.3 is 0 Å². The molecule has 0 saturated carbocycles. The van der Waals surface area contributed by atoms with Crippen molar-refractivity contribution in [2.45, 2.75) is 37.8 Å². The van der Waals surface area contributed by atoms with E-state index in [-0.39, 0.29) is 0 Å². The lowest BCUT2D eigenvalue weighted by molar-refractivity contribution is 0.408. The van der Waals surface area contributed by atoms with Gasteiger partial charge in [0.2, 0.25) is 0 Å². The number of hydrogen-bond acceptors (Lipinski definition) is 3. The van der Waals surface area contributed by atoms with E-state index in [2.05, 4.69) is 30.2 Å². The summed E-state index contributed by atoms with van der Waals surface area (Å²) >= 11 is 1.71. The highest BCUT2D eigenvalue weighted by atomic mass is 32.2. The zero-order valence-corrected chi connectivity index (χ0v) is 9.92. The Bertz CT molecular complexity index is 251. The van der Waals surface area contributed by atoms with Crippen LogP contribution >= 0.6 is 11.9 Å². The summed E-state index contributed by atoms with van der Waals surface area (Å²) in [4.78, 5) is 4.28. The molecule has 0 aliphatic carbocycles. The van der Waals surface area contributed by atoms with Crippen LogP contribution in [0.5, 0.6) is 0 Å². The molecule has 1 heterocycles. The summed E-state index contributed by atoms with van der Waals surface area (Å²) in [5, 5.41) is 1.07. The standard InChI is InChI=1S/C11H18N2S/c1-4-7-10(2)13(3)14-11-8-5-6-9-12-11/h5-6,8-10H,4,7H2,1-3H3. The molecule has 0 fully saturated rings. The first-order valence-corrected chi connectivity index (χ1v) is 5.83. The predicted molar refractivity (Wildman–Crippen MR) is 62.2 cm³/mol. The van der Waals surface area contributed by atoms with Crippen molar-refractivity contribution in [1.82, 2.24) is 9.29 Å². The van der Waals surface area contributed by atoms with E-state index in [4.69, 9.17) is 0 Å². The molecule has 0 amide bonds. The second-order valence-corrected chi connectivity index (χ2v) is 4.62. The predicted octanol–water partition coefficient (Wildman–Crippen LogP) is 3.21. The van der Waals surface area contributed by atoms with Crippen molar-refractivity contribution in [1.29, 1.82) is 0 Å². The van der Waals surface area contributed by atoms with Gasteiger partial charge in [0.1, 0.15) is 5.03 Å². The maximum Gasteiger partial charge on any atom is 0.111 e. The molecule has 1 unspecified atom stereocenters. The minimum absolute atomic E-state index is 0.604. The minimum Gasteiger partial charge on any atom is -0.249 e. The summed E-state index contributed by atoms with van der Waals surface area (Å²) in [6, 6.07) is 6.61. The molecule has 1 aromatic rings. The summed E-state index contributed by atoms with van der Waals surface area (Å²) in [7, 11) is 2.12. The molecule has 2 nitrogen and oxygen atoms in total. The number of hydrogen-bond donors (Lipinski definition) is 0. The van der Waals surface area contributed by atoms with Crippen molar-refractivity contribution in [2.75, 3.05) is 7.05 Å². The maximum absolute atomic E-state index is 4.28. The quantitative estimate of drug-likeness (QED) is 0.694. The fourth-order valence-electron chi connectivity index (χ4n) is 1.24. The Morgan fingerprint density at radius 3 is 2.86 bits per heavy atom. The van der Waals surface area contributed by atoms with E-state index in [1.165, 1.54) is 12.8 Å². The Balaban J connectivity index is 2.44. The Morgan fingerprint density at radius 1 is 1.50 bits per heavy atom. The van der Waals surface area contributed by atoms with Gasteiger partial charge in [-0.15, -0.1) is 0 Å². The Morgan fingerprint density at radius 2 is 2.29 bits per heavy atom. The fraction of sp³-hybridized carbons (Fsp3) is 0.545. The number of pyridine rings is 1. The highest BCUT2D eigenvalue weighted by molar-refractivity contribution is 7.97. The summed E-state index contributed by atoms with van der Waals surface area (Å²) in [5.74, 6) is 0. The Kier molecular flexibility index (Phi) is 4.98. The molecule has 14 heavy (non-hydrogen) atoms. The van der Waals surface area contributed by atoms with Crippen molar-refractivity contribution < 1.29 is 0 Å². The van der Waals surface area contributed by atoms with Gasteiger partial charge in [-0.2, -0.15) is 0 Å². The second-order valence-electron chi connectivity index (χ2n) is 3.44. The molecule has 0 aromatic carbocycles. The van der Waals surface area contributed by atoms with E-state index in [0.717, 1.165) is 5.03 Å². The van der Waals surface area contributed by atoms with E-state index in [1.54, 1.807) is 11.9 Å². The first-order valence-electron chi connectivity index (χ1n) is 5.06. The van der Waals surface area contributed by atoms with Crippen molar-refractivity contribution >= 4 is 11.9 Å². The van der Waals surface area contributed by atoms with Gasteiger partial charge in [-0.25, -0.2) is 9.29 Å². The summed E-state index contributed by atoms with van der Waals surface area (Å²) in [5.41, 5.74) is 0. The molecule has 0 bridgehead atoms.